The molecule has 0 aromatic heterocycles. The first-order valence-corrected chi connectivity index (χ1v) is 20.6. The van der Waals surface area contributed by atoms with Gasteiger partial charge in [0.05, 0.1) is 0 Å². The Morgan fingerprint density at radius 3 is 0.830 bits per heavy atom. The molecule has 0 spiro atoms. The van der Waals surface area contributed by atoms with Gasteiger partial charge in [0, 0.05) is 0 Å². The summed E-state index contributed by atoms with van der Waals surface area (Å²) in [5.74, 6) is 0. The van der Waals surface area contributed by atoms with E-state index in [1.54, 1.807) is 0 Å². The Kier molecular flexibility index (Phi) is 16.6. The molecule has 0 radical (unpaired) electrons. The summed E-state index contributed by atoms with van der Waals surface area (Å²) in [6, 6.07) is 64.7. The fourth-order valence-corrected chi connectivity index (χ4v) is 9.66. The number of hydrogen-bond acceptors (Lipinski definition) is 0. The molecule has 0 heterocycles. The van der Waals surface area contributed by atoms with Crippen LogP contribution in [0.2, 0.25) is 0 Å². The number of allylic oxidation sites excluding steroid dienone is 4. The average molecular weight is 754 g/mol. The van der Waals surface area contributed by atoms with Crippen molar-refractivity contribution in [2.45, 2.75) is 19.8 Å². The van der Waals surface area contributed by atoms with E-state index in [1.165, 1.54) is 37.4 Å². The molecule has 0 unspecified atom stereocenters. The van der Waals surface area contributed by atoms with Crippen LogP contribution in [0.1, 0.15) is 19.8 Å². The number of benzene rings is 6. The third-order valence-electron chi connectivity index (χ3n) is 7.23. The van der Waals surface area contributed by atoms with E-state index >= 15 is 0 Å². The van der Waals surface area contributed by atoms with Gasteiger partial charge in [-0.2, -0.15) is 6.08 Å². The Morgan fingerprint density at radius 2 is 0.681 bits per heavy atom. The Balaban J connectivity index is 0.000000170. The van der Waals surface area contributed by atoms with Crippen molar-refractivity contribution >= 4 is 57.4 Å². The summed E-state index contributed by atoms with van der Waals surface area (Å²) >= 11 is 1.82. The smallest absolute Gasteiger partial charge is 0.0134 e. The van der Waals surface area contributed by atoms with E-state index in [9.17, 15) is 0 Å². The molecule has 1 aliphatic carbocycles. The Hall–Kier alpha value is -3.43. The number of hydrogen-bond donors (Lipinski definition) is 0. The summed E-state index contributed by atoms with van der Waals surface area (Å²) in [5.41, 5.74) is 1.36. The van der Waals surface area contributed by atoms with Crippen LogP contribution >= 0.6 is 25.5 Å². The van der Waals surface area contributed by atoms with Crippen LogP contribution in [0.25, 0.3) is 0 Å². The molecule has 0 aliphatic heterocycles. The van der Waals surface area contributed by atoms with Crippen LogP contribution in [-0.4, -0.2) is 0 Å². The Labute approximate surface area is 298 Å². The van der Waals surface area contributed by atoms with Crippen LogP contribution in [-0.2, 0) is 17.3 Å². The minimum atomic E-state index is -0.446. The van der Waals surface area contributed by atoms with Crippen molar-refractivity contribution in [2.24, 2.45) is 0 Å². The van der Waals surface area contributed by atoms with Crippen LogP contribution in [0.3, 0.4) is 0 Å². The molecule has 0 atom stereocenters. The van der Waals surface area contributed by atoms with E-state index in [0.29, 0.717) is 0 Å². The van der Waals surface area contributed by atoms with Crippen molar-refractivity contribution in [3.63, 3.8) is 0 Å². The van der Waals surface area contributed by atoms with Gasteiger partial charge in [-0.15, -0.1) is 6.42 Å². The zero-order chi connectivity index (χ0) is 32.9. The van der Waals surface area contributed by atoms with Crippen LogP contribution in [0.5, 0.6) is 0 Å². The molecule has 0 nitrogen and oxygen atoms in total. The molecular weight excluding hydrogens is 715 g/mol. The molecule has 1 aliphatic rings. The molecule has 236 valence electrons. The number of rotatable bonds is 7. The Bertz CT molecular complexity index is 1420. The van der Waals surface area contributed by atoms with Gasteiger partial charge >= 0.3 is 27.0 Å². The van der Waals surface area contributed by atoms with Gasteiger partial charge < -0.3 is 0 Å². The predicted molar refractivity (Wildman–Crippen MR) is 207 cm³/mol. The normalized spacial score (nSPS) is 11.3. The maximum Gasteiger partial charge on any atom is -0.0134 e. The summed E-state index contributed by atoms with van der Waals surface area (Å²) in [5, 5.41) is 8.39. The maximum atomic E-state index is 4.57. The molecule has 6 aromatic carbocycles. The van der Waals surface area contributed by atoms with Crippen LogP contribution in [0, 0.1) is 6.08 Å². The molecule has 4 heteroatoms. The van der Waals surface area contributed by atoms with Gasteiger partial charge in [-0.1, -0.05) is 195 Å². The summed E-state index contributed by atoms with van der Waals surface area (Å²) in [7, 11) is 3.68. The minimum absolute atomic E-state index is 0.446. The second-order valence-electron chi connectivity index (χ2n) is 10.3. The topological polar surface area (TPSA) is 0 Å². The second kappa shape index (κ2) is 21.4. The molecular formula is C43H39ClP2Ru. The van der Waals surface area contributed by atoms with E-state index < -0.39 is 15.8 Å². The molecule has 0 bridgehead atoms. The first-order valence-electron chi connectivity index (χ1n) is 15.6. The van der Waals surface area contributed by atoms with Gasteiger partial charge in [0.1, 0.15) is 0 Å². The van der Waals surface area contributed by atoms with Crippen LogP contribution < -0.4 is 31.8 Å². The van der Waals surface area contributed by atoms with Gasteiger partial charge in [0.15, 0.2) is 0 Å². The molecule has 0 N–H and O–H groups in total. The summed E-state index contributed by atoms with van der Waals surface area (Å²) in [4.78, 5) is 0. The molecule has 0 saturated heterocycles. The van der Waals surface area contributed by atoms with Gasteiger partial charge in [0.2, 0.25) is 0 Å². The van der Waals surface area contributed by atoms with Gasteiger partial charge in [-0.3, -0.25) is 6.08 Å². The molecule has 0 amide bonds. The predicted octanol–water partition coefficient (Wildman–Crippen LogP) is 9.66. The van der Waals surface area contributed by atoms with E-state index in [2.05, 4.69) is 217 Å². The molecule has 0 saturated carbocycles. The van der Waals surface area contributed by atoms with Crippen molar-refractivity contribution in [3.05, 3.63) is 206 Å². The Morgan fingerprint density at radius 1 is 0.447 bits per heavy atom. The fourth-order valence-electron chi connectivity index (χ4n) is 5.05. The summed E-state index contributed by atoms with van der Waals surface area (Å²) in [6.07, 6.45) is 9.65. The van der Waals surface area contributed by atoms with E-state index in [0.717, 1.165) is 12.8 Å². The van der Waals surface area contributed by atoms with Crippen molar-refractivity contribution in [2.75, 3.05) is 0 Å². The molecule has 0 fully saturated rings. The third-order valence-corrected chi connectivity index (χ3v) is 12.1. The van der Waals surface area contributed by atoms with Gasteiger partial charge in [0.25, 0.3) is 0 Å². The fraction of sp³-hybridized carbons (Fsp3) is 0.0698. The van der Waals surface area contributed by atoms with Crippen molar-refractivity contribution in [1.29, 1.82) is 0 Å². The van der Waals surface area contributed by atoms with Crippen molar-refractivity contribution < 1.29 is 17.3 Å². The summed E-state index contributed by atoms with van der Waals surface area (Å²) in [6.45, 7) is 2.15. The van der Waals surface area contributed by atoms with E-state index in [-0.39, 0.29) is 0 Å². The average Bonchev–Trinajstić information content (AvgIpc) is 3.71. The SMILES string of the molecule is CCC1=[C-]CC=C1.[Cl][Ru+].c1ccc(P(c2ccccc2)c2ccccc2)cc1.c1ccc(P(c2ccccc2)c2ccccc2)cc1. The maximum absolute atomic E-state index is 4.57. The van der Waals surface area contributed by atoms with Crippen molar-refractivity contribution in [1.82, 2.24) is 0 Å². The third kappa shape index (κ3) is 11.6. The molecule has 7 rings (SSSR count). The minimum Gasteiger partial charge on any atom is -0.0622 e. The first-order chi connectivity index (χ1) is 23.3. The molecule has 6 aromatic rings. The quantitative estimate of drug-likeness (QED) is 0.0866. The van der Waals surface area contributed by atoms with Crippen LogP contribution in [0.15, 0.2) is 200 Å². The standard InChI is InChI=1S/2C18H15P.C7H9.ClH.Ru/c2*1-4-10-16(11-5-1)19(17-12-6-2-7-13-17)18-14-8-3-9-15-18;1-2-7-5-3-4-6-7;;/h2*1-15H;3,5H,2,4H2,1H3;1H;/q;;-1;;+2/p-1. The van der Waals surface area contributed by atoms with E-state index in [4.69, 9.17) is 0 Å². The summed E-state index contributed by atoms with van der Waals surface area (Å²) < 4.78 is 0. The van der Waals surface area contributed by atoms with E-state index in [1.807, 2.05) is 17.3 Å². The zero-order valence-corrected chi connectivity index (χ0v) is 30.8. The zero-order valence-electron chi connectivity index (χ0n) is 26.5. The number of halogens is 1. The van der Waals surface area contributed by atoms with Gasteiger partial charge in [-0.05, 0) is 47.7 Å². The second-order valence-corrected chi connectivity index (χ2v) is 14.8. The first kappa shape index (κ1) is 36.4. The largest absolute Gasteiger partial charge is 0.0622 e. The van der Waals surface area contributed by atoms with Crippen molar-refractivity contribution in [3.8, 4) is 0 Å². The van der Waals surface area contributed by atoms with Gasteiger partial charge in [-0.25, -0.2) is 11.6 Å². The molecule has 47 heavy (non-hydrogen) atoms. The monoisotopic (exact) mass is 754 g/mol. The van der Waals surface area contributed by atoms with Crippen LogP contribution in [0.4, 0.5) is 0 Å².